The standard InChI is InChI=1S/C11H19NO/c1-4-5-6-7-11(13)8-10(2)9-12-3/h5-8,12-13H,4,9H2,1-3H3/b6-5+,10-8+,11-7+. The van der Waals surface area contributed by atoms with E-state index in [9.17, 15) is 5.11 Å². The second-order valence-corrected chi connectivity index (χ2v) is 2.95. The first-order valence-corrected chi connectivity index (χ1v) is 4.58. The van der Waals surface area contributed by atoms with Crippen molar-refractivity contribution in [3.63, 3.8) is 0 Å². The van der Waals surface area contributed by atoms with Crippen LogP contribution in [0.5, 0.6) is 0 Å². The normalized spacial score (nSPS) is 14.1. The Labute approximate surface area is 80.7 Å². The maximum atomic E-state index is 9.38. The van der Waals surface area contributed by atoms with Crippen LogP contribution in [0.2, 0.25) is 0 Å². The number of aliphatic hydroxyl groups is 1. The zero-order valence-electron chi connectivity index (χ0n) is 8.67. The van der Waals surface area contributed by atoms with E-state index in [1.54, 1.807) is 12.2 Å². The summed E-state index contributed by atoms with van der Waals surface area (Å²) in [5.74, 6) is 0.303. The van der Waals surface area contributed by atoms with Crippen molar-refractivity contribution in [3.8, 4) is 0 Å². The van der Waals surface area contributed by atoms with E-state index in [-0.39, 0.29) is 0 Å². The largest absolute Gasteiger partial charge is 0.508 e. The lowest BCUT2D eigenvalue weighted by Gasteiger charge is -1.97. The van der Waals surface area contributed by atoms with Crippen molar-refractivity contribution in [1.29, 1.82) is 0 Å². The summed E-state index contributed by atoms with van der Waals surface area (Å²) in [6, 6.07) is 0. The van der Waals surface area contributed by atoms with Crippen LogP contribution < -0.4 is 5.32 Å². The topological polar surface area (TPSA) is 32.3 Å². The number of allylic oxidation sites excluding steroid dienone is 4. The summed E-state index contributed by atoms with van der Waals surface area (Å²) in [5.41, 5.74) is 1.11. The van der Waals surface area contributed by atoms with E-state index < -0.39 is 0 Å². The zero-order chi connectivity index (χ0) is 10.1. The molecular formula is C11H19NO. The Bertz CT molecular complexity index is 214. The van der Waals surface area contributed by atoms with Crippen molar-refractivity contribution in [2.75, 3.05) is 13.6 Å². The van der Waals surface area contributed by atoms with Gasteiger partial charge in [-0.05, 0) is 32.5 Å². The Morgan fingerprint density at radius 2 is 2.15 bits per heavy atom. The van der Waals surface area contributed by atoms with Crippen molar-refractivity contribution < 1.29 is 5.11 Å². The molecule has 2 N–H and O–H groups in total. The van der Waals surface area contributed by atoms with Crippen LogP contribution in [0.4, 0.5) is 0 Å². The molecule has 0 saturated carbocycles. The summed E-state index contributed by atoms with van der Waals surface area (Å²) in [7, 11) is 1.88. The highest BCUT2D eigenvalue weighted by Crippen LogP contribution is 1.98. The molecule has 0 aliphatic carbocycles. The smallest absolute Gasteiger partial charge is 0.115 e. The van der Waals surface area contributed by atoms with E-state index in [4.69, 9.17) is 0 Å². The molecule has 0 heterocycles. The van der Waals surface area contributed by atoms with E-state index in [1.807, 2.05) is 26.1 Å². The van der Waals surface area contributed by atoms with Gasteiger partial charge in [-0.15, -0.1) is 0 Å². The SMILES string of the molecule is CC/C=C/C=C(O)\C=C(/C)CNC. The summed E-state index contributed by atoms with van der Waals surface area (Å²) in [6.45, 7) is 4.84. The first kappa shape index (κ1) is 12.0. The summed E-state index contributed by atoms with van der Waals surface area (Å²) < 4.78 is 0. The summed E-state index contributed by atoms with van der Waals surface area (Å²) in [5, 5.41) is 12.4. The van der Waals surface area contributed by atoms with Crippen LogP contribution in [-0.2, 0) is 0 Å². The van der Waals surface area contributed by atoms with Gasteiger partial charge in [-0.3, -0.25) is 0 Å². The molecule has 0 radical (unpaired) electrons. The maximum absolute atomic E-state index is 9.38. The fourth-order valence-corrected chi connectivity index (χ4v) is 0.933. The minimum absolute atomic E-state index is 0.303. The molecule has 0 aliphatic rings. The fourth-order valence-electron chi connectivity index (χ4n) is 0.933. The Morgan fingerprint density at radius 3 is 2.69 bits per heavy atom. The van der Waals surface area contributed by atoms with Gasteiger partial charge in [-0.25, -0.2) is 0 Å². The lowest BCUT2D eigenvalue weighted by Crippen LogP contribution is -2.08. The molecule has 0 unspecified atom stereocenters. The van der Waals surface area contributed by atoms with E-state index in [2.05, 4.69) is 12.2 Å². The van der Waals surface area contributed by atoms with Gasteiger partial charge in [-0.2, -0.15) is 0 Å². The van der Waals surface area contributed by atoms with Gasteiger partial charge in [0.25, 0.3) is 0 Å². The average molecular weight is 181 g/mol. The van der Waals surface area contributed by atoms with Crippen molar-refractivity contribution in [2.45, 2.75) is 20.3 Å². The molecular weight excluding hydrogens is 162 g/mol. The van der Waals surface area contributed by atoms with Gasteiger partial charge < -0.3 is 10.4 Å². The minimum Gasteiger partial charge on any atom is -0.508 e. The van der Waals surface area contributed by atoms with Crippen LogP contribution in [-0.4, -0.2) is 18.7 Å². The van der Waals surface area contributed by atoms with Crippen LogP contribution in [0.15, 0.2) is 35.6 Å². The van der Waals surface area contributed by atoms with Gasteiger partial charge in [0.05, 0.1) is 0 Å². The Hall–Kier alpha value is -1.02. The van der Waals surface area contributed by atoms with Gasteiger partial charge in [0.15, 0.2) is 0 Å². The van der Waals surface area contributed by atoms with Crippen molar-refractivity contribution in [1.82, 2.24) is 5.32 Å². The molecule has 2 heteroatoms. The van der Waals surface area contributed by atoms with Crippen LogP contribution >= 0.6 is 0 Å². The van der Waals surface area contributed by atoms with E-state index in [1.165, 1.54) is 0 Å². The molecule has 2 nitrogen and oxygen atoms in total. The van der Waals surface area contributed by atoms with Crippen molar-refractivity contribution in [2.24, 2.45) is 0 Å². The van der Waals surface area contributed by atoms with Crippen molar-refractivity contribution >= 4 is 0 Å². The van der Waals surface area contributed by atoms with Crippen LogP contribution in [0.1, 0.15) is 20.3 Å². The molecule has 0 atom stereocenters. The molecule has 0 bridgehead atoms. The predicted molar refractivity (Wildman–Crippen MR) is 57.8 cm³/mol. The highest BCUT2D eigenvalue weighted by atomic mass is 16.3. The number of hydrogen-bond donors (Lipinski definition) is 2. The van der Waals surface area contributed by atoms with E-state index in [0.717, 1.165) is 18.5 Å². The monoisotopic (exact) mass is 181 g/mol. The van der Waals surface area contributed by atoms with Crippen LogP contribution in [0.25, 0.3) is 0 Å². The molecule has 0 aromatic carbocycles. The molecule has 0 fully saturated rings. The molecule has 0 aliphatic heterocycles. The van der Waals surface area contributed by atoms with E-state index in [0.29, 0.717) is 5.76 Å². The number of likely N-dealkylation sites (N-methyl/N-ethyl adjacent to an activating group) is 1. The van der Waals surface area contributed by atoms with Crippen LogP contribution in [0.3, 0.4) is 0 Å². The molecule has 0 aromatic rings. The summed E-state index contributed by atoms with van der Waals surface area (Å²) >= 11 is 0. The quantitative estimate of drug-likeness (QED) is 0.504. The molecule has 0 rings (SSSR count). The van der Waals surface area contributed by atoms with Gasteiger partial charge in [0.2, 0.25) is 0 Å². The molecule has 0 amide bonds. The molecule has 0 aromatic heterocycles. The molecule has 74 valence electrons. The number of nitrogens with one attached hydrogen (secondary N) is 1. The number of hydrogen-bond acceptors (Lipinski definition) is 2. The Kier molecular flexibility index (Phi) is 7.02. The maximum Gasteiger partial charge on any atom is 0.115 e. The average Bonchev–Trinajstić information content (AvgIpc) is 2.05. The van der Waals surface area contributed by atoms with Gasteiger partial charge in [0.1, 0.15) is 5.76 Å². The lowest BCUT2D eigenvalue weighted by molar-refractivity contribution is 0.431. The Morgan fingerprint density at radius 1 is 1.46 bits per heavy atom. The third kappa shape index (κ3) is 7.34. The predicted octanol–water partition coefficient (Wildman–Crippen LogP) is 2.56. The van der Waals surface area contributed by atoms with Gasteiger partial charge >= 0.3 is 0 Å². The Balaban J connectivity index is 4.10. The summed E-state index contributed by atoms with van der Waals surface area (Å²) in [6.07, 6.45) is 8.30. The highest BCUT2D eigenvalue weighted by molar-refractivity contribution is 5.21. The second kappa shape index (κ2) is 7.62. The first-order chi connectivity index (χ1) is 6.20. The molecule has 13 heavy (non-hydrogen) atoms. The summed E-state index contributed by atoms with van der Waals surface area (Å²) in [4.78, 5) is 0. The lowest BCUT2D eigenvalue weighted by atomic mass is 10.2. The van der Waals surface area contributed by atoms with Crippen molar-refractivity contribution in [3.05, 3.63) is 35.6 Å². The highest BCUT2D eigenvalue weighted by Gasteiger charge is 1.88. The van der Waals surface area contributed by atoms with Gasteiger partial charge in [0, 0.05) is 6.54 Å². The number of rotatable bonds is 5. The molecule has 0 spiro atoms. The zero-order valence-corrected chi connectivity index (χ0v) is 8.67. The first-order valence-electron chi connectivity index (χ1n) is 4.58. The van der Waals surface area contributed by atoms with E-state index >= 15 is 0 Å². The third-order valence-electron chi connectivity index (χ3n) is 1.49. The minimum atomic E-state index is 0.303. The number of aliphatic hydroxyl groups excluding tert-OH is 1. The second-order valence-electron chi connectivity index (χ2n) is 2.95. The van der Waals surface area contributed by atoms with Gasteiger partial charge in [-0.1, -0.05) is 24.6 Å². The third-order valence-corrected chi connectivity index (χ3v) is 1.49. The molecule has 0 saturated heterocycles. The fraction of sp³-hybridized carbons (Fsp3) is 0.455. The van der Waals surface area contributed by atoms with Crippen LogP contribution in [0, 0.1) is 0 Å².